The van der Waals surface area contributed by atoms with Gasteiger partial charge in [0.2, 0.25) is 0 Å². The topological polar surface area (TPSA) is 12.5 Å². The smallest absolute Gasteiger partial charge is 0.147 e. The van der Waals surface area contributed by atoms with E-state index in [4.69, 9.17) is 4.84 Å². The number of hydrogen-bond donors (Lipinski definition) is 0. The molecule has 0 aliphatic rings. The molecule has 2 aromatic rings. The molecule has 0 atom stereocenters. The van der Waals surface area contributed by atoms with E-state index in [0.717, 1.165) is 30.3 Å². The van der Waals surface area contributed by atoms with Crippen LogP contribution in [0.1, 0.15) is 12.5 Å². The molecule has 0 N–H and O–H groups in total. The van der Waals surface area contributed by atoms with Gasteiger partial charge in [-0.2, -0.15) is 11.8 Å². The summed E-state index contributed by atoms with van der Waals surface area (Å²) in [5.74, 6) is 3.12. The van der Waals surface area contributed by atoms with Crippen molar-refractivity contribution in [2.24, 2.45) is 0 Å². The summed E-state index contributed by atoms with van der Waals surface area (Å²) in [6.07, 6.45) is 0. The zero-order valence-corrected chi connectivity index (χ0v) is 12.7. The van der Waals surface area contributed by atoms with Crippen LogP contribution in [-0.4, -0.2) is 23.1 Å². The fourth-order valence-corrected chi connectivity index (χ4v) is 2.51. The Hall–Kier alpha value is -1.45. The molecule has 0 amide bonds. The Labute approximate surface area is 125 Å². The first-order valence-corrected chi connectivity index (χ1v) is 8.13. The van der Waals surface area contributed by atoms with Gasteiger partial charge in [-0.25, -0.2) is 0 Å². The molecule has 0 aliphatic heterocycles. The lowest BCUT2D eigenvalue weighted by Gasteiger charge is -2.22. The maximum atomic E-state index is 5.98. The summed E-state index contributed by atoms with van der Waals surface area (Å²) in [6.45, 7) is 3.91. The van der Waals surface area contributed by atoms with Crippen LogP contribution in [-0.2, 0) is 6.54 Å². The van der Waals surface area contributed by atoms with Crippen LogP contribution in [0.3, 0.4) is 0 Å². The van der Waals surface area contributed by atoms with E-state index in [-0.39, 0.29) is 0 Å². The minimum absolute atomic E-state index is 0.806. The highest BCUT2D eigenvalue weighted by molar-refractivity contribution is 7.99. The highest BCUT2D eigenvalue weighted by Gasteiger charge is 2.08. The van der Waals surface area contributed by atoms with Crippen molar-refractivity contribution in [3.8, 4) is 5.75 Å². The second-order valence-corrected chi connectivity index (χ2v) is 5.84. The molecule has 0 spiro atoms. The molecule has 20 heavy (non-hydrogen) atoms. The minimum atomic E-state index is 0.806. The first-order valence-electron chi connectivity index (χ1n) is 6.98. The maximum absolute atomic E-state index is 5.98. The monoisotopic (exact) mass is 287 g/mol. The largest absolute Gasteiger partial charge is 0.406 e. The van der Waals surface area contributed by atoms with Gasteiger partial charge < -0.3 is 4.84 Å². The molecule has 0 saturated heterocycles. The Kier molecular flexibility index (Phi) is 6.48. The molecule has 0 aliphatic carbocycles. The van der Waals surface area contributed by atoms with Crippen LogP contribution >= 0.6 is 11.8 Å². The molecule has 2 aromatic carbocycles. The SMILES string of the molecule is CCSCCN(Cc1ccccc1)Oc1ccccc1. The molecule has 106 valence electrons. The van der Waals surface area contributed by atoms with Gasteiger partial charge in [-0.05, 0) is 23.4 Å². The van der Waals surface area contributed by atoms with E-state index in [1.807, 2.05) is 53.2 Å². The number of hydrogen-bond acceptors (Lipinski definition) is 3. The van der Waals surface area contributed by atoms with Crippen molar-refractivity contribution in [3.05, 3.63) is 66.2 Å². The molecular formula is C17H21NOS. The molecular weight excluding hydrogens is 266 g/mol. The van der Waals surface area contributed by atoms with Crippen molar-refractivity contribution in [1.29, 1.82) is 0 Å². The Morgan fingerprint density at radius 2 is 1.60 bits per heavy atom. The predicted molar refractivity (Wildman–Crippen MR) is 86.9 cm³/mol. The number of nitrogens with zero attached hydrogens (tertiary/aromatic N) is 1. The lowest BCUT2D eigenvalue weighted by atomic mass is 10.2. The number of thioether (sulfide) groups is 1. The van der Waals surface area contributed by atoms with Gasteiger partial charge in [-0.15, -0.1) is 5.06 Å². The third-order valence-corrected chi connectivity index (χ3v) is 3.75. The van der Waals surface area contributed by atoms with Crippen LogP contribution in [0.25, 0.3) is 0 Å². The van der Waals surface area contributed by atoms with E-state index in [1.165, 1.54) is 5.56 Å². The summed E-state index contributed by atoms with van der Waals surface area (Å²) >= 11 is 1.94. The molecule has 0 fully saturated rings. The van der Waals surface area contributed by atoms with Crippen molar-refractivity contribution in [3.63, 3.8) is 0 Å². The zero-order valence-electron chi connectivity index (χ0n) is 11.9. The van der Waals surface area contributed by atoms with E-state index in [0.29, 0.717) is 0 Å². The fourth-order valence-electron chi connectivity index (χ4n) is 1.89. The van der Waals surface area contributed by atoms with Crippen LogP contribution in [0, 0.1) is 0 Å². The number of para-hydroxylation sites is 1. The van der Waals surface area contributed by atoms with E-state index in [9.17, 15) is 0 Å². The van der Waals surface area contributed by atoms with Crippen LogP contribution in [0.15, 0.2) is 60.7 Å². The molecule has 3 heteroatoms. The molecule has 0 heterocycles. The number of rotatable bonds is 8. The third-order valence-electron chi connectivity index (χ3n) is 2.87. The summed E-state index contributed by atoms with van der Waals surface area (Å²) < 4.78 is 0. The quantitative estimate of drug-likeness (QED) is 0.532. The highest BCUT2D eigenvalue weighted by atomic mass is 32.2. The summed E-state index contributed by atoms with van der Waals surface area (Å²) in [6, 6.07) is 20.4. The van der Waals surface area contributed by atoms with E-state index in [2.05, 4.69) is 31.2 Å². The summed E-state index contributed by atoms with van der Waals surface area (Å²) in [7, 11) is 0. The van der Waals surface area contributed by atoms with Gasteiger partial charge in [0, 0.05) is 12.3 Å². The molecule has 2 rings (SSSR count). The Morgan fingerprint density at radius 1 is 0.950 bits per heavy atom. The highest BCUT2D eigenvalue weighted by Crippen LogP contribution is 2.14. The van der Waals surface area contributed by atoms with Crippen LogP contribution in [0.5, 0.6) is 5.75 Å². The second kappa shape index (κ2) is 8.67. The van der Waals surface area contributed by atoms with E-state index in [1.54, 1.807) is 0 Å². The molecule has 0 aromatic heterocycles. The lowest BCUT2D eigenvalue weighted by Crippen LogP contribution is -2.29. The van der Waals surface area contributed by atoms with Gasteiger partial charge in [0.15, 0.2) is 0 Å². The molecule has 0 bridgehead atoms. The molecule has 0 saturated carbocycles. The van der Waals surface area contributed by atoms with Crippen molar-refractivity contribution < 1.29 is 4.84 Å². The minimum Gasteiger partial charge on any atom is -0.406 e. The number of hydroxylamine groups is 2. The first kappa shape index (κ1) is 14.9. The lowest BCUT2D eigenvalue weighted by molar-refractivity contribution is -0.0611. The summed E-state index contributed by atoms with van der Waals surface area (Å²) in [4.78, 5) is 5.98. The van der Waals surface area contributed by atoms with Crippen molar-refractivity contribution >= 4 is 11.8 Å². The normalized spacial score (nSPS) is 10.7. The third kappa shape index (κ3) is 5.27. The van der Waals surface area contributed by atoms with E-state index < -0.39 is 0 Å². The average molecular weight is 287 g/mol. The molecule has 0 unspecified atom stereocenters. The van der Waals surface area contributed by atoms with Crippen molar-refractivity contribution in [2.75, 3.05) is 18.1 Å². The van der Waals surface area contributed by atoms with E-state index >= 15 is 0 Å². The van der Waals surface area contributed by atoms with Crippen LogP contribution in [0.2, 0.25) is 0 Å². The molecule has 0 radical (unpaired) electrons. The Balaban J connectivity index is 1.96. The van der Waals surface area contributed by atoms with Gasteiger partial charge in [0.05, 0.1) is 6.54 Å². The van der Waals surface area contributed by atoms with Gasteiger partial charge in [0.25, 0.3) is 0 Å². The van der Waals surface area contributed by atoms with Gasteiger partial charge in [-0.3, -0.25) is 0 Å². The van der Waals surface area contributed by atoms with Crippen LogP contribution < -0.4 is 4.84 Å². The summed E-state index contributed by atoms with van der Waals surface area (Å²) in [5.41, 5.74) is 1.27. The Morgan fingerprint density at radius 3 is 2.25 bits per heavy atom. The van der Waals surface area contributed by atoms with Gasteiger partial charge >= 0.3 is 0 Å². The molecule has 2 nitrogen and oxygen atoms in total. The first-order chi connectivity index (χ1) is 9.88. The Bertz CT molecular complexity index is 433. The predicted octanol–water partition coefficient (Wildman–Crippen LogP) is 4.24. The van der Waals surface area contributed by atoms with Gasteiger partial charge in [0.1, 0.15) is 5.75 Å². The van der Waals surface area contributed by atoms with Crippen molar-refractivity contribution in [1.82, 2.24) is 5.06 Å². The van der Waals surface area contributed by atoms with Crippen LogP contribution in [0.4, 0.5) is 0 Å². The zero-order chi connectivity index (χ0) is 14.0. The fraction of sp³-hybridized carbons (Fsp3) is 0.294. The van der Waals surface area contributed by atoms with Gasteiger partial charge in [-0.1, -0.05) is 55.5 Å². The maximum Gasteiger partial charge on any atom is 0.147 e. The second-order valence-electron chi connectivity index (χ2n) is 4.45. The summed E-state index contributed by atoms with van der Waals surface area (Å²) in [5, 5.41) is 2.04. The average Bonchev–Trinajstić information content (AvgIpc) is 2.49. The standard InChI is InChI=1S/C17H21NOS/c1-2-20-14-13-18(15-16-9-5-3-6-10-16)19-17-11-7-4-8-12-17/h3-12H,2,13-15H2,1H3. The van der Waals surface area contributed by atoms with Crippen molar-refractivity contribution in [2.45, 2.75) is 13.5 Å². The number of benzene rings is 2.